The second kappa shape index (κ2) is 6.19. The van der Waals surface area contributed by atoms with Crippen LogP contribution in [0.15, 0.2) is 61.1 Å². The zero-order valence-corrected chi connectivity index (χ0v) is 12.2. The van der Waals surface area contributed by atoms with Crippen LogP contribution in [0.1, 0.15) is 10.4 Å². The molecule has 7 heteroatoms. The maximum Gasteiger partial charge on any atom is 0.573 e. The van der Waals surface area contributed by atoms with Crippen molar-refractivity contribution in [3.8, 4) is 22.7 Å². The molecule has 1 aromatic heterocycles. The third-order valence-corrected chi connectivity index (χ3v) is 3.29. The lowest BCUT2D eigenvalue weighted by molar-refractivity contribution is -0.274. The Kier molecular flexibility index (Phi) is 4.07. The molecule has 2 aromatic carbocycles. The van der Waals surface area contributed by atoms with E-state index in [0.717, 1.165) is 11.8 Å². The van der Waals surface area contributed by atoms with Crippen LogP contribution in [0.2, 0.25) is 0 Å². The van der Waals surface area contributed by atoms with E-state index in [-0.39, 0.29) is 5.75 Å². The smallest absolute Gasteiger partial charge is 0.406 e. The average Bonchev–Trinajstić information content (AvgIpc) is 3.04. The van der Waals surface area contributed by atoms with Gasteiger partial charge in [-0.3, -0.25) is 4.79 Å². The van der Waals surface area contributed by atoms with Gasteiger partial charge in [0.15, 0.2) is 0 Å². The van der Waals surface area contributed by atoms with E-state index in [2.05, 4.69) is 9.72 Å². The number of nitrogens with zero attached hydrogens (tertiary/aromatic N) is 2. The Bertz CT molecular complexity index is 838. The quantitative estimate of drug-likeness (QED) is 0.671. The van der Waals surface area contributed by atoms with E-state index >= 15 is 0 Å². The van der Waals surface area contributed by atoms with Crippen molar-refractivity contribution >= 4 is 6.29 Å². The van der Waals surface area contributed by atoms with Gasteiger partial charge in [-0.2, -0.15) is 0 Å². The normalized spacial score (nSPS) is 11.3. The van der Waals surface area contributed by atoms with Crippen molar-refractivity contribution in [2.24, 2.45) is 0 Å². The molecule has 0 aliphatic rings. The van der Waals surface area contributed by atoms with Crippen LogP contribution < -0.4 is 4.74 Å². The van der Waals surface area contributed by atoms with Gasteiger partial charge in [0.05, 0.1) is 12.0 Å². The van der Waals surface area contributed by atoms with Gasteiger partial charge in [0, 0.05) is 23.0 Å². The Morgan fingerprint density at radius 3 is 2.25 bits per heavy atom. The molecule has 3 aromatic rings. The molecule has 4 nitrogen and oxygen atoms in total. The predicted molar refractivity (Wildman–Crippen MR) is 81.1 cm³/mol. The minimum absolute atomic E-state index is 0.281. The molecule has 0 bridgehead atoms. The third kappa shape index (κ3) is 3.62. The molecule has 0 aliphatic carbocycles. The SMILES string of the molecule is O=Cc1ccc(-c2cn(-c3ccc(OC(F)(F)F)cc3)cn2)cc1. The van der Waals surface area contributed by atoms with Crippen molar-refractivity contribution in [2.75, 3.05) is 0 Å². The summed E-state index contributed by atoms with van der Waals surface area (Å²) in [5.41, 5.74) is 2.73. The zero-order chi connectivity index (χ0) is 17.2. The summed E-state index contributed by atoms with van der Waals surface area (Å²) < 4.78 is 42.0. The van der Waals surface area contributed by atoms with Crippen LogP contribution in [0.4, 0.5) is 13.2 Å². The molecule has 0 N–H and O–H groups in total. The van der Waals surface area contributed by atoms with Gasteiger partial charge in [0.2, 0.25) is 0 Å². The molecule has 1 heterocycles. The van der Waals surface area contributed by atoms with Gasteiger partial charge in [0.25, 0.3) is 0 Å². The first-order valence-electron chi connectivity index (χ1n) is 6.90. The van der Waals surface area contributed by atoms with E-state index in [4.69, 9.17) is 0 Å². The van der Waals surface area contributed by atoms with Crippen molar-refractivity contribution in [1.29, 1.82) is 0 Å². The molecular weight excluding hydrogens is 321 g/mol. The molecule has 0 atom stereocenters. The van der Waals surface area contributed by atoms with E-state index in [1.165, 1.54) is 24.3 Å². The van der Waals surface area contributed by atoms with Gasteiger partial charge < -0.3 is 9.30 Å². The molecule has 0 saturated heterocycles. The Labute approximate surface area is 135 Å². The highest BCUT2D eigenvalue weighted by Crippen LogP contribution is 2.24. The summed E-state index contributed by atoms with van der Waals surface area (Å²) in [7, 11) is 0. The lowest BCUT2D eigenvalue weighted by Gasteiger charge is -2.09. The van der Waals surface area contributed by atoms with Gasteiger partial charge in [-0.05, 0) is 24.3 Å². The summed E-state index contributed by atoms with van der Waals surface area (Å²) in [6.45, 7) is 0. The standard InChI is InChI=1S/C17H11F3N2O2/c18-17(19,20)24-15-7-5-14(6-8-15)22-9-16(21-11-22)13-3-1-12(10-23)2-4-13/h1-11H. The fourth-order valence-corrected chi connectivity index (χ4v) is 2.17. The summed E-state index contributed by atoms with van der Waals surface area (Å²) in [6, 6.07) is 12.4. The third-order valence-electron chi connectivity index (χ3n) is 3.29. The Morgan fingerprint density at radius 1 is 1.00 bits per heavy atom. The summed E-state index contributed by atoms with van der Waals surface area (Å²) >= 11 is 0. The Balaban J connectivity index is 1.80. The van der Waals surface area contributed by atoms with Crippen LogP contribution in [0.5, 0.6) is 5.75 Å². The maximum atomic E-state index is 12.2. The van der Waals surface area contributed by atoms with Gasteiger partial charge in [0.1, 0.15) is 12.0 Å². The molecule has 24 heavy (non-hydrogen) atoms. The zero-order valence-electron chi connectivity index (χ0n) is 12.2. The molecule has 0 radical (unpaired) electrons. The van der Waals surface area contributed by atoms with Crippen LogP contribution in [0.25, 0.3) is 16.9 Å². The van der Waals surface area contributed by atoms with Crippen molar-refractivity contribution in [2.45, 2.75) is 6.36 Å². The van der Waals surface area contributed by atoms with Gasteiger partial charge >= 0.3 is 6.36 Å². The first kappa shape index (κ1) is 15.8. The van der Waals surface area contributed by atoms with Crippen LogP contribution in [0.3, 0.4) is 0 Å². The molecule has 0 fully saturated rings. The second-order valence-electron chi connectivity index (χ2n) is 4.95. The number of hydrogen-bond donors (Lipinski definition) is 0. The molecule has 0 saturated carbocycles. The fraction of sp³-hybridized carbons (Fsp3) is 0.0588. The first-order chi connectivity index (χ1) is 11.4. The maximum absolute atomic E-state index is 12.2. The van der Waals surface area contributed by atoms with Crippen LogP contribution >= 0.6 is 0 Å². The molecule has 0 spiro atoms. The topological polar surface area (TPSA) is 44.1 Å². The van der Waals surface area contributed by atoms with E-state index in [1.54, 1.807) is 41.4 Å². The van der Waals surface area contributed by atoms with Gasteiger partial charge in [-0.1, -0.05) is 24.3 Å². The first-order valence-corrected chi connectivity index (χ1v) is 6.90. The molecule has 122 valence electrons. The summed E-state index contributed by atoms with van der Waals surface area (Å²) in [5.74, 6) is -0.281. The number of rotatable bonds is 4. The number of hydrogen-bond acceptors (Lipinski definition) is 3. The second-order valence-corrected chi connectivity index (χ2v) is 4.95. The minimum atomic E-state index is -4.71. The lowest BCUT2D eigenvalue weighted by atomic mass is 10.1. The minimum Gasteiger partial charge on any atom is -0.406 e. The Morgan fingerprint density at radius 2 is 1.67 bits per heavy atom. The van der Waals surface area contributed by atoms with Crippen LogP contribution in [-0.2, 0) is 0 Å². The largest absolute Gasteiger partial charge is 0.573 e. The van der Waals surface area contributed by atoms with Crippen molar-refractivity contribution in [1.82, 2.24) is 9.55 Å². The monoisotopic (exact) mass is 332 g/mol. The highest BCUT2D eigenvalue weighted by Gasteiger charge is 2.30. The molecule has 0 unspecified atom stereocenters. The summed E-state index contributed by atoms with van der Waals surface area (Å²) in [6.07, 6.45) is -0.650. The highest BCUT2D eigenvalue weighted by atomic mass is 19.4. The van der Waals surface area contributed by atoms with Gasteiger partial charge in [-0.25, -0.2) is 4.98 Å². The number of imidazole rings is 1. The average molecular weight is 332 g/mol. The number of ether oxygens (including phenoxy) is 1. The lowest BCUT2D eigenvalue weighted by Crippen LogP contribution is -2.17. The Hall–Kier alpha value is -3.09. The summed E-state index contributed by atoms with van der Waals surface area (Å²) in [4.78, 5) is 14.9. The van der Waals surface area contributed by atoms with Gasteiger partial charge in [-0.15, -0.1) is 13.2 Å². The van der Waals surface area contributed by atoms with Crippen LogP contribution in [0, 0.1) is 0 Å². The number of alkyl halides is 3. The van der Waals surface area contributed by atoms with E-state index in [0.29, 0.717) is 16.9 Å². The fourth-order valence-electron chi connectivity index (χ4n) is 2.17. The van der Waals surface area contributed by atoms with Crippen LogP contribution in [-0.4, -0.2) is 22.2 Å². The highest BCUT2D eigenvalue weighted by molar-refractivity contribution is 5.76. The van der Waals surface area contributed by atoms with Crippen molar-refractivity contribution in [3.05, 3.63) is 66.6 Å². The number of carbonyl (C=O) groups excluding carboxylic acids is 1. The number of halogens is 3. The van der Waals surface area contributed by atoms with Crippen molar-refractivity contribution < 1.29 is 22.7 Å². The van der Waals surface area contributed by atoms with Crippen molar-refractivity contribution in [3.63, 3.8) is 0 Å². The molecule has 3 rings (SSSR count). The number of aldehydes is 1. The molecule has 0 aliphatic heterocycles. The number of aromatic nitrogens is 2. The van der Waals surface area contributed by atoms with E-state index in [1.807, 2.05) is 0 Å². The summed E-state index contributed by atoms with van der Waals surface area (Å²) in [5, 5.41) is 0. The number of carbonyl (C=O) groups is 1. The molecule has 0 amide bonds. The predicted octanol–water partition coefficient (Wildman–Crippen LogP) is 4.25. The van der Waals surface area contributed by atoms with E-state index < -0.39 is 6.36 Å². The molecular formula is C17H11F3N2O2. The van der Waals surface area contributed by atoms with E-state index in [9.17, 15) is 18.0 Å². The number of benzene rings is 2.